The van der Waals surface area contributed by atoms with Crippen molar-refractivity contribution < 1.29 is 4.79 Å². The Bertz CT molecular complexity index is 718. The molecule has 1 aliphatic rings. The van der Waals surface area contributed by atoms with Crippen molar-refractivity contribution in [3.8, 4) is 0 Å². The first-order valence-corrected chi connectivity index (χ1v) is 8.76. The smallest absolute Gasteiger partial charge is 0.252 e. The first-order chi connectivity index (χ1) is 11.6. The van der Waals surface area contributed by atoms with E-state index in [9.17, 15) is 4.79 Å². The van der Waals surface area contributed by atoms with E-state index in [1.807, 2.05) is 30.3 Å². The number of benzene rings is 1. The van der Waals surface area contributed by atoms with Gasteiger partial charge in [0.2, 0.25) is 0 Å². The fourth-order valence-electron chi connectivity index (χ4n) is 3.04. The quantitative estimate of drug-likeness (QED) is 0.812. The lowest BCUT2D eigenvalue weighted by Crippen LogP contribution is -2.46. The van der Waals surface area contributed by atoms with Crippen LogP contribution in [0.2, 0.25) is 0 Å². The number of amides is 1. The van der Waals surface area contributed by atoms with Gasteiger partial charge in [0.15, 0.2) is 0 Å². The normalized spacial score (nSPS) is 14.6. The molecule has 0 unspecified atom stereocenters. The zero-order valence-corrected chi connectivity index (χ0v) is 17.0. The van der Waals surface area contributed by atoms with Gasteiger partial charge in [-0.05, 0) is 18.1 Å². The molecule has 1 saturated heterocycles. The van der Waals surface area contributed by atoms with Gasteiger partial charge in [0.05, 0.1) is 11.1 Å². The van der Waals surface area contributed by atoms with Crippen molar-refractivity contribution in [2.45, 2.75) is 19.8 Å². The second kappa shape index (κ2) is 10.7. The van der Waals surface area contributed by atoms with E-state index >= 15 is 0 Å². The maximum atomic E-state index is 12.7. The number of pyridine rings is 1. The summed E-state index contributed by atoms with van der Waals surface area (Å²) in [4.78, 5) is 19.8. The van der Waals surface area contributed by atoms with Gasteiger partial charge in [-0.15, -0.1) is 24.8 Å². The Morgan fingerprint density at radius 2 is 1.92 bits per heavy atom. The maximum Gasteiger partial charge on any atom is 0.252 e. The molecule has 2 N–H and O–H groups in total. The summed E-state index contributed by atoms with van der Waals surface area (Å²) in [5, 5.41) is 7.33. The number of fused-ring (bicyclic) bond motifs is 1. The van der Waals surface area contributed by atoms with Crippen LogP contribution in [-0.2, 0) is 0 Å². The Morgan fingerprint density at radius 1 is 1.23 bits per heavy atom. The van der Waals surface area contributed by atoms with Crippen LogP contribution in [0.4, 0.5) is 0 Å². The Labute approximate surface area is 167 Å². The van der Waals surface area contributed by atoms with E-state index in [4.69, 9.17) is 0 Å². The Morgan fingerprint density at radius 3 is 2.62 bits per heavy atom. The molecule has 1 amide bonds. The fourth-order valence-corrected chi connectivity index (χ4v) is 3.04. The van der Waals surface area contributed by atoms with Gasteiger partial charge in [-0.1, -0.05) is 32.0 Å². The summed E-state index contributed by atoms with van der Waals surface area (Å²) < 4.78 is 0. The number of hydrogen-bond donors (Lipinski definition) is 2. The van der Waals surface area contributed by atoms with E-state index in [-0.39, 0.29) is 30.7 Å². The number of aromatic nitrogens is 1. The number of hydrogen-bond acceptors (Lipinski definition) is 4. The summed E-state index contributed by atoms with van der Waals surface area (Å²) in [6.45, 7) is 9.92. The van der Waals surface area contributed by atoms with Crippen molar-refractivity contribution in [3.05, 3.63) is 41.6 Å². The van der Waals surface area contributed by atoms with Crippen molar-refractivity contribution in [2.24, 2.45) is 0 Å². The van der Waals surface area contributed by atoms with Gasteiger partial charge in [-0.2, -0.15) is 0 Å². The third kappa shape index (κ3) is 5.55. The summed E-state index contributed by atoms with van der Waals surface area (Å²) in [7, 11) is 0. The largest absolute Gasteiger partial charge is 0.351 e. The lowest BCUT2D eigenvalue weighted by atomic mass is 10.0. The minimum atomic E-state index is -0.00867. The van der Waals surface area contributed by atoms with Crippen LogP contribution in [0.15, 0.2) is 30.3 Å². The average Bonchev–Trinajstić information content (AvgIpc) is 2.61. The van der Waals surface area contributed by atoms with E-state index in [1.165, 1.54) is 0 Å². The lowest BCUT2D eigenvalue weighted by molar-refractivity contribution is 0.0948. The molecule has 3 rings (SSSR count). The Balaban J connectivity index is 0.00000169. The van der Waals surface area contributed by atoms with E-state index in [0.29, 0.717) is 12.5 Å². The predicted molar refractivity (Wildman–Crippen MR) is 112 cm³/mol. The van der Waals surface area contributed by atoms with E-state index in [2.05, 4.69) is 34.4 Å². The van der Waals surface area contributed by atoms with E-state index in [0.717, 1.165) is 54.9 Å². The third-order valence-electron chi connectivity index (χ3n) is 4.50. The third-order valence-corrected chi connectivity index (χ3v) is 4.50. The Kier molecular flexibility index (Phi) is 9.30. The van der Waals surface area contributed by atoms with Crippen LogP contribution in [0.3, 0.4) is 0 Å². The molecule has 2 heterocycles. The van der Waals surface area contributed by atoms with Crippen LogP contribution in [-0.4, -0.2) is 55.1 Å². The molecule has 144 valence electrons. The highest BCUT2D eigenvalue weighted by atomic mass is 35.5. The highest BCUT2D eigenvalue weighted by Gasteiger charge is 2.15. The van der Waals surface area contributed by atoms with Crippen molar-refractivity contribution >= 4 is 41.6 Å². The van der Waals surface area contributed by atoms with Gasteiger partial charge in [0, 0.05) is 50.3 Å². The number of rotatable bonds is 5. The van der Waals surface area contributed by atoms with Gasteiger partial charge in [-0.25, -0.2) is 0 Å². The molecule has 0 saturated carbocycles. The van der Waals surface area contributed by atoms with Crippen molar-refractivity contribution in [1.82, 2.24) is 20.5 Å². The van der Waals surface area contributed by atoms with E-state index < -0.39 is 0 Å². The molecule has 26 heavy (non-hydrogen) atoms. The highest BCUT2D eigenvalue weighted by Crippen LogP contribution is 2.22. The Hall–Kier alpha value is -1.40. The van der Waals surface area contributed by atoms with Crippen LogP contribution in [0.25, 0.3) is 10.9 Å². The molecule has 1 aromatic carbocycles. The fraction of sp³-hybridized carbons (Fsp3) is 0.474. The average molecular weight is 399 g/mol. The second-order valence-electron chi connectivity index (χ2n) is 6.61. The number of piperazine rings is 1. The number of halogens is 2. The summed E-state index contributed by atoms with van der Waals surface area (Å²) in [6, 6.07) is 9.80. The standard InChI is InChI=1S/C19H26N4O.2ClH/c1-14(2)18-13-16(15-5-3-4-6-17(15)22-18)19(24)21-9-12-23-10-7-20-8-11-23;;/h3-6,13-14,20H,7-12H2,1-2H3,(H,21,24);2*1H. The molecular weight excluding hydrogens is 371 g/mol. The van der Waals surface area contributed by atoms with Crippen LogP contribution in [0, 0.1) is 0 Å². The molecule has 1 aliphatic heterocycles. The minimum absolute atomic E-state index is 0. The van der Waals surface area contributed by atoms with Gasteiger partial charge < -0.3 is 10.6 Å². The molecule has 5 nitrogen and oxygen atoms in total. The number of carbonyl (C=O) groups is 1. The minimum Gasteiger partial charge on any atom is -0.351 e. The summed E-state index contributed by atoms with van der Waals surface area (Å²) in [6.07, 6.45) is 0. The number of para-hydroxylation sites is 1. The summed E-state index contributed by atoms with van der Waals surface area (Å²) in [5.74, 6) is 0.285. The van der Waals surface area contributed by atoms with Gasteiger partial charge in [0.1, 0.15) is 0 Å². The van der Waals surface area contributed by atoms with E-state index in [1.54, 1.807) is 0 Å². The first kappa shape index (κ1) is 22.6. The van der Waals surface area contributed by atoms with Crippen molar-refractivity contribution in [1.29, 1.82) is 0 Å². The zero-order valence-electron chi connectivity index (χ0n) is 15.3. The van der Waals surface area contributed by atoms with Gasteiger partial charge in [-0.3, -0.25) is 14.7 Å². The highest BCUT2D eigenvalue weighted by molar-refractivity contribution is 6.06. The molecule has 0 bridgehead atoms. The summed E-state index contributed by atoms with van der Waals surface area (Å²) in [5.41, 5.74) is 2.57. The maximum absolute atomic E-state index is 12.7. The molecule has 7 heteroatoms. The van der Waals surface area contributed by atoms with Gasteiger partial charge >= 0.3 is 0 Å². The monoisotopic (exact) mass is 398 g/mol. The molecule has 0 aliphatic carbocycles. The SMILES string of the molecule is CC(C)c1cc(C(=O)NCCN2CCNCC2)c2ccccc2n1.Cl.Cl. The van der Waals surface area contributed by atoms with Crippen molar-refractivity contribution in [2.75, 3.05) is 39.3 Å². The van der Waals surface area contributed by atoms with Crippen LogP contribution < -0.4 is 10.6 Å². The zero-order chi connectivity index (χ0) is 16.9. The van der Waals surface area contributed by atoms with Crippen LogP contribution in [0.5, 0.6) is 0 Å². The molecule has 0 radical (unpaired) electrons. The number of nitrogens with zero attached hydrogens (tertiary/aromatic N) is 2. The van der Waals surface area contributed by atoms with Gasteiger partial charge in [0.25, 0.3) is 5.91 Å². The van der Waals surface area contributed by atoms with Crippen LogP contribution in [0.1, 0.15) is 35.8 Å². The molecular formula is C19H28Cl2N4O. The molecule has 1 aromatic heterocycles. The summed E-state index contributed by atoms with van der Waals surface area (Å²) >= 11 is 0. The number of nitrogens with one attached hydrogen (secondary N) is 2. The molecule has 0 spiro atoms. The molecule has 0 atom stereocenters. The first-order valence-electron chi connectivity index (χ1n) is 8.76. The molecule has 1 fully saturated rings. The molecule has 2 aromatic rings. The second-order valence-corrected chi connectivity index (χ2v) is 6.61. The predicted octanol–water partition coefficient (Wildman–Crippen LogP) is 2.84. The lowest BCUT2D eigenvalue weighted by Gasteiger charge is -2.27. The topological polar surface area (TPSA) is 57.3 Å². The van der Waals surface area contributed by atoms with Crippen LogP contribution >= 0.6 is 24.8 Å². The number of carbonyl (C=O) groups excluding carboxylic acids is 1. The van der Waals surface area contributed by atoms with Crippen molar-refractivity contribution in [3.63, 3.8) is 0 Å².